The number of nitrogens with zero attached hydrogens (tertiary/aromatic N) is 2. The second-order valence-electron chi connectivity index (χ2n) is 6.48. The average molecular weight is 254 g/mol. The predicted octanol–water partition coefficient (Wildman–Crippen LogP) is 2.14. The Bertz CT molecular complexity index is 339. The van der Waals surface area contributed by atoms with E-state index in [1.807, 2.05) is 0 Å². The van der Waals surface area contributed by atoms with Gasteiger partial charge in [0.25, 0.3) is 0 Å². The molecule has 0 amide bonds. The van der Waals surface area contributed by atoms with Gasteiger partial charge in [0.2, 0.25) is 0 Å². The van der Waals surface area contributed by atoms with Crippen LogP contribution in [0, 0.1) is 11.3 Å². The van der Waals surface area contributed by atoms with E-state index in [-0.39, 0.29) is 17.7 Å². The molecule has 0 saturated carbocycles. The van der Waals surface area contributed by atoms with Crippen LogP contribution in [0.2, 0.25) is 0 Å². The molecule has 0 aliphatic carbocycles. The maximum absolute atomic E-state index is 6.02. The lowest BCUT2D eigenvalue weighted by Crippen LogP contribution is -2.48. The molecule has 0 spiro atoms. The summed E-state index contributed by atoms with van der Waals surface area (Å²) in [4.78, 5) is 6.93. The summed E-state index contributed by atoms with van der Waals surface area (Å²) in [5.41, 5.74) is -0.191. The highest BCUT2D eigenvalue weighted by atomic mass is 16.5. The molecule has 4 heteroatoms. The minimum absolute atomic E-state index is 0.0500. The van der Waals surface area contributed by atoms with E-state index in [0.717, 1.165) is 12.5 Å². The molecule has 0 bridgehead atoms. The van der Waals surface area contributed by atoms with Gasteiger partial charge in [-0.25, -0.2) is 4.99 Å². The van der Waals surface area contributed by atoms with Crippen molar-refractivity contribution in [2.45, 2.75) is 52.9 Å². The average Bonchev–Trinajstić information content (AvgIpc) is 2.84. The lowest BCUT2D eigenvalue weighted by atomic mass is 9.89. The summed E-state index contributed by atoms with van der Waals surface area (Å²) in [7, 11) is 2.14. The third kappa shape index (κ3) is 2.28. The number of aliphatic imine (C=N–C) groups is 1. The van der Waals surface area contributed by atoms with Crippen LogP contribution in [0.4, 0.5) is 0 Å². The van der Waals surface area contributed by atoms with Crippen molar-refractivity contribution in [3.63, 3.8) is 0 Å². The Morgan fingerprint density at radius 2 is 2.00 bits per heavy atom. The zero-order chi connectivity index (χ0) is 13.5. The van der Waals surface area contributed by atoms with Gasteiger partial charge in [0.1, 0.15) is 12.8 Å². The smallest absolute Gasteiger partial charge is 0.193 e. The number of hydrogen-bond acceptors (Lipinski definition) is 4. The quantitative estimate of drug-likeness (QED) is 0.774. The maximum Gasteiger partial charge on any atom is 0.193 e. The molecule has 0 aromatic carbocycles. The largest absolute Gasteiger partial charge is 0.478 e. The molecule has 0 N–H and O–H groups in total. The minimum atomic E-state index is -0.191. The fourth-order valence-electron chi connectivity index (χ4n) is 2.91. The molecule has 18 heavy (non-hydrogen) atoms. The van der Waals surface area contributed by atoms with Crippen molar-refractivity contribution in [1.29, 1.82) is 0 Å². The molecule has 0 aromatic heterocycles. The first-order valence-electron chi connectivity index (χ1n) is 6.88. The van der Waals surface area contributed by atoms with Crippen LogP contribution in [-0.2, 0) is 9.47 Å². The summed E-state index contributed by atoms with van der Waals surface area (Å²) in [6, 6.07) is 0.751. The zero-order valence-electron chi connectivity index (χ0n) is 12.4. The molecule has 2 heterocycles. The van der Waals surface area contributed by atoms with Crippen molar-refractivity contribution >= 4 is 5.90 Å². The molecule has 0 aromatic rings. The Morgan fingerprint density at radius 3 is 2.44 bits per heavy atom. The van der Waals surface area contributed by atoms with E-state index >= 15 is 0 Å². The summed E-state index contributed by atoms with van der Waals surface area (Å²) < 4.78 is 11.7. The number of hydrogen-bond donors (Lipinski definition) is 0. The third-order valence-electron chi connectivity index (χ3n) is 4.05. The van der Waals surface area contributed by atoms with Gasteiger partial charge in [-0.05, 0) is 33.7 Å². The van der Waals surface area contributed by atoms with Gasteiger partial charge in [0, 0.05) is 6.04 Å². The first-order valence-corrected chi connectivity index (χ1v) is 6.88. The van der Waals surface area contributed by atoms with Gasteiger partial charge in [-0.15, -0.1) is 0 Å². The van der Waals surface area contributed by atoms with Gasteiger partial charge in [-0.3, -0.25) is 4.90 Å². The van der Waals surface area contributed by atoms with Gasteiger partial charge in [0.15, 0.2) is 5.90 Å². The number of ether oxygens (including phenoxy) is 2. The molecule has 1 unspecified atom stereocenters. The standard InChI is InChI=1S/C14H26N2O2/c1-9(2)11-8-18-13(16(11)6)14(4,5)12-15-10(3)7-17-12/h9-11,13H,7-8H2,1-6H3/t10-,11+,13?/m1/s1. The molecular formula is C14H26N2O2. The highest BCUT2D eigenvalue weighted by molar-refractivity contribution is 5.84. The SMILES string of the molecule is CC(C)[C@@H]1COC(C(C)(C)C2=N[C@H](C)CO2)N1C. The van der Waals surface area contributed by atoms with Crippen molar-refractivity contribution in [2.75, 3.05) is 20.3 Å². The summed E-state index contributed by atoms with van der Waals surface area (Å²) in [5, 5.41) is 0. The van der Waals surface area contributed by atoms with Gasteiger partial charge < -0.3 is 9.47 Å². The fraction of sp³-hybridized carbons (Fsp3) is 0.929. The van der Waals surface area contributed by atoms with Crippen LogP contribution in [0.25, 0.3) is 0 Å². The monoisotopic (exact) mass is 254 g/mol. The van der Waals surface area contributed by atoms with Crippen molar-refractivity contribution in [3.05, 3.63) is 0 Å². The Hall–Kier alpha value is -0.610. The van der Waals surface area contributed by atoms with E-state index in [0.29, 0.717) is 18.6 Å². The first-order chi connectivity index (χ1) is 8.34. The maximum atomic E-state index is 6.02. The van der Waals surface area contributed by atoms with Crippen molar-refractivity contribution < 1.29 is 9.47 Å². The second kappa shape index (κ2) is 4.82. The molecule has 3 atom stereocenters. The molecular weight excluding hydrogens is 228 g/mol. The first kappa shape index (κ1) is 13.8. The Kier molecular flexibility index (Phi) is 3.70. The summed E-state index contributed by atoms with van der Waals surface area (Å²) in [5.74, 6) is 1.44. The zero-order valence-corrected chi connectivity index (χ0v) is 12.4. The highest BCUT2D eigenvalue weighted by Crippen LogP contribution is 2.36. The van der Waals surface area contributed by atoms with Crippen LogP contribution in [0.5, 0.6) is 0 Å². The fourth-order valence-corrected chi connectivity index (χ4v) is 2.91. The highest BCUT2D eigenvalue weighted by Gasteiger charge is 2.47. The predicted molar refractivity (Wildman–Crippen MR) is 72.8 cm³/mol. The van der Waals surface area contributed by atoms with Gasteiger partial charge in [-0.1, -0.05) is 13.8 Å². The van der Waals surface area contributed by atoms with Crippen LogP contribution >= 0.6 is 0 Å². The molecule has 104 valence electrons. The summed E-state index contributed by atoms with van der Waals surface area (Å²) >= 11 is 0. The van der Waals surface area contributed by atoms with E-state index in [1.54, 1.807) is 0 Å². The Labute approximate surface area is 110 Å². The molecule has 2 aliphatic heterocycles. The third-order valence-corrected chi connectivity index (χ3v) is 4.05. The van der Waals surface area contributed by atoms with Crippen molar-refractivity contribution in [2.24, 2.45) is 16.3 Å². The second-order valence-corrected chi connectivity index (χ2v) is 6.48. The lowest BCUT2D eigenvalue weighted by molar-refractivity contribution is -0.0247. The van der Waals surface area contributed by atoms with E-state index in [9.17, 15) is 0 Å². The van der Waals surface area contributed by atoms with Crippen LogP contribution in [-0.4, -0.2) is 49.4 Å². The Morgan fingerprint density at radius 1 is 1.33 bits per heavy atom. The Balaban J connectivity index is 2.14. The van der Waals surface area contributed by atoms with E-state index in [1.165, 1.54) is 0 Å². The van der Waals surface area contributed by atoms with E-state index in [2.05, 4.69) is 51.6 Å². The van der Waals surface area contributed by atoms with Crippen LogP contribution in [0.3, 0.4) is 0 Å². The topological polar surface area (TPSA) is 34.1 Å². The van der Waals surface area contributed by atoms with Crippen molar-refractivity contribution in [1.82, 2.24) is 4.90 Å². The van der Waals surface area contributed by atoms with Gasteiger partial charge >= 0.3 is 0 Å². The summed E-state index contributed by atoms with van der Waals surface area (Å²) in [6.45, 7) is 12.4. The minimum Gasteiger partial charge on any atom is -0.478 e. The molecule has 4 nitrogen and oxygen atoms in total. The van der Waals surface area contributed by atoms with Crippen LogP contribution in [0.15, 0.2) is 4.99 Å². The number of likely N-dealkylation sites (N-methyl/N-ethyl adjacent to an activating group) is 1. The molecule has 2 aliphatic rings. The van der Waals surface area contributed by atoms with E-state index < -0.39 is 0 Å². The van der Waals surface area contributed by atoms with Crippen LogP contribution < -0.4 is 0 Å². The molecule has 2 rings (SSSR count). The van der Waals surface area contributed by atoms with Crippen LogP contribution in [0.1, 0.15) is 34.6 Å². The normalized spacial score (nSPS) is 33.9. The van der Waals surface area contributed by atoms with Crippen molar-refractivity contribution in [3.8, 4) is 0 Å². The molecule has 1 fully saturated rings. The molecule has 1 saturated heterocycles. The van der Waals surface area contributed by atoms with E-state index in [4.69, 9.17) is 9.47 Å². The van der Waals surface area contributed by atoms with Gasteiger partial charge in [0.05, 0.1) is 18.1 Å². The lowest BCUT2D eigenvalue weighted by Gasteiger charge is -2.36. The number of rotatable bonds is 3. The van der Waals surface area contributed by atoms with Gasteiger partial charge in [-0.2, -0.15) is 0 Å². The summed E-state index contributed by atoms with van der Waals surface area (Å²) in [6.07, 6.45) is 0.0500. The molecule has 0 radical (unpaired) electrons.